The number of benzene rings is 2. The number of nitrogens with one attached hydrogen (secondary N) is 1. The minimum atomic E-state index is -0.140. The molecule has 0 aliphatic carbocycles. The van der Waals surface area contributed by atoms with E-state index in [1.54, 1.807) is 12.3 Å². The maximum absolute atomic E-state index is 13.3. The van der Waals surface area contributed by atoms with E-state index in [9.17, 15) is 4.79 Å². The van der Waals surface area contributed by atoms with Gasteiger partial charge >= 0.3 is 6.03 Å². The summed E-state index contributed by atoms with van der Waals surface area (Å²) >= 11 is 15.7. The predicted molar refractivity (Wildman–Crippen MR) is 146 cm³/mol. The van der Waals surface area contributed by atoms with Gasteiger partial charge in [-0.2, -0.15) is 0 Å². The molecule has 178 valence electrons. The molecule has 4 aromatic rings. The van der Waals surface area contributed by atoms with Crippen LogP contribution in [0.4, 0.5) is 4.79 Å². The monoisotopic (exact) mass is 568 g/mol. The van der Waals surface area contributed by atoms with Crippen molar-refractivity contribution in [1.82, 2.24) is 19.8 Å². The molecule has 1 N–H and O–H groups in total. The lowest BCUT2D eigenvalue weighted by Gasteiger charge is -2.27. The molecule has 0 saturated carbocycles. The molecule has 0 bridgehead atoms. The molecule has 0 fully saturated rings. The zero-order valence-electron chi connectivity index (χ0n) is 18.8. The first-order chi connectivity index (χ1) is 17.0. The van der Waals surface area contributed by atoms with Gasteiger partial charge in [0.25, 0.3) is 0 Å². The third-order valence-electron chi connectivity index (χ3n) is 6.18. The number of nitrogens with zero attached hydrogens (tertiary/aromatic N) is 3. The topological polar surface area (TPSA) is 50.2 Å². The van der Waals surface area contributed by atoms with Gasteiger partial charge < -0.3 is 5.32 Å². The van der Waals surface area contributed by atoms with Gasteiger partial charge in [-0.1, -0.05) is 69.5 Å². The summed E-state index contributed by atoms with van der Waals surface area (Å²) in [5, 5.41) is 5.29. The molecule has 0 radical (unpaired) electrons. The minimum absolute atomic E-state index is 0.140. The number of aromatic nitrogens is 2. The van der Waals surface area contributed by atoms with Gasteiger partial charge in [0.2, 0.25) is 0 Å². The van der Waals surface area contributed by atoms with Crippen LogP contribution in [0, 0.1) is 0 Å². The first-order valence-corrected chi connectivity index (χ1v) is 12.9. The third-order valence-corrected chi connectivity index (χ3v) is 7.30. The highest BCUT2D eigenvalue weighted by molar-refractivity contribution is 9.10. The number of halogens is 3. The summed E-state index contributed by atoms with van der Waals surface area (Å²) in [6.45, 7) is 2.86. The van der Waals surface area contributed by atoms with Gasteiger partial charge in [0.15, 0.2) is 0 Å². The molecule has 1 aliphatic heterocycles. The van der Waals surface area contributed by atoms with Crippen molar-refractivity contribution >= 4 is 62.1 Å². The Morgan fingerprint density at radius 2 is 1.97 bits per heavy atom. The second kappa shape index (κ2) is 10.5. The van der Waals surface area contributed by atoms with Crippen LogP contribution in [0.25, 0.3) is 17.0 Å². The van der Waals surface area contributed by atoms with E-state index in [0.717, 1.165) is 63.3 Å². The summed E-state index contributed by atoms with van der Waals surface area (Å²) < 4.78 is 2.83. The lowest BCUT2D eigenvalue weighted by atomic mass is 10.0. The van der Waals surface area contributed by atoms with E-state index in [2.05, 4.69) is 43.3 Å². The molecule has 3 heterocycles. The molecule has 1 aliphatic rings. The Hall–Kier alpha value is -2.64. The van der Waals surface area contributed by atoms with E-state index in [0.29, 0.717) is 11.7 Å². The first kappa shape index (κ1) is 24.1. The molecule has 5 nitrogen and oxygen atoms in total. The van der Waals surface area contributed by atoms with Crippen LogP contribution < -0.4 is 5.32 Å². The van der Waals surface area contributed by atoms with Gasteiger partial charge in [-0.05, 0) is 53.1 Å². The quantitative estimate of drug-likeness (QED) is 0.265. The van der Waals surface area contributed by atoms with Crippen molar-refractivity contribution in [2.45, 2.75) is 19.5 Å². The maximum atomic E-state index is 13.3. The molecule has 0 atom stereocenters. The maximum Gasteiger partial charge on any atom is 0.326 e. The normalized spacial score (nSPS) is 13.9. The summed E-state index contributed by atoms with van der Waals surface area (Å²) in [7, 11) is 0. The van der Waals surface area contributed by atoms with E-state index in [1.807, 2.05) is 53.1 Å². The van der Waals surface area contributed by atoms with Crippen molar-refractivity contribution in [2.24, 2.45) is 0 Å². The van der Waals surface area contributed by atoms with Crippen LogP contribution in [0.5, 0.6) is 0 Å². The Bertz CT molecular complexity index is 1410. The first-order valence-electron chi connectivity index (χ1n) is 11.3. The lowest BCUT2D eigenvalue weighted by molar-refractivity contribution is 0.240. The van der Waals surface area contributed by atoms with Crippen molar-refractivity contribution in [3.05, 3.63) is 104 Å². The summed E-state index contributed by atoms with van der Waals surface area (Å²) in [4.78, 5) is 19.7. The molecule has 0 saturated heterocycles. The van der Waals surface area contributed by atoms with Crippen LogP contribution in [-0.4, -0.2) is 33.6 Å². The molecule has 0 spiro atoms. The highest BCUT2D eigenvalue weighted by Crippen LogP contribution is 2.35. The van der Waals surface area contributed by atoms with Crippen molar-refractivity contribution < 1.29 is 4.79 Å². The van der Waals surface area contributed by atoms with Gasteiger partial charge in [-0.15, -0.1) is 0 Å². The Kier molecular flexibility index (Phi) is 7.25. The van der Waals surface area contributed by atoms with Crippen molar-refractivity contribution in [3.8, 4) is 0 Å². The largest absolute Gasteiger partial charge is 0.333 e. The van der Waals surface area contributed by atoms with E-state index < -0.39 is 0 Å². The van der Waals surface area contributed by atoms with Crippen LogP contribution in [0.1, 0.15) is 22.4 Å². The third kappa shape index (κ3) is 5.31. The fourth-order valence-electron chi connectivity index (χ4n) is 4.53. The lowest BCUT2D eigenvalue weighted by Crippen LogP contribution is -2.34. The second-order valence-electron chi connectivity index (χ2n) is 8.48. The van der Waals surface area contributed by atoms with E-state index in [1.165, 1.54) is 5.56 Å². The van der Waals surface area contributed by atoms with Crippen molar-refractivity contribution in [1.29, 1.82) is 0 Å². The van der Waals surface area contributed by atoms with E-state index in [4.69, 9.17) is 23.2 Å². The highest BCUT2D eigenvalue weighted by atomic mass is 79.9. The Labute approximate surface area is 222 Å². The number of hydrogen-bond acceptors (Lipinski definition) is 3. The number of fused-ring (bicyclic) bond motifs is 3. The number of pyridine rings is 1. The summed E-state index contributed by atoms with van der Waals surface area (Å²) in [6.07, 6.45) is 6.72. The number of amides is 1. The molecule has 5 rings (SSSR count). The molecular weight excluding hydrogens is 547 g/mol. The average Bonchev–Trinajstić information content (AvgIpc) is 3.19. The van der Waals surface area contributed by atoms with Crippen LogP contribution >= 0.6 is 39.1 Å². The Balaban J connectivity index is 1.37. The molecule has 1 amide bonds. The van der Waals surface area contributed by atoms with Crippen molar-refractivity contribution in [3.63, 3.8) is 0 Å². The molecule has 0 unspecified atom stereocenters. The minimum Gasteiger partial charge on any atom is -0.333 e. The number of rotatable bonds is 5. The molecule has 8 heteroatoms. The van der Waals surface area contributed by atoms with Gasteiger partial charge in [0.1, 0.15) is 5.15 Å². The second-order valence-corrected chi connectivity index (χ2v) is 10.2. The van der Waals surface area contributed by atoms with Gasteiger partial charge in [0.05, 0.1) is 5.52 Å². The fourth-order valence-corrected chi connectivity index (χ4v) is 5.45. The summed E-state index contributed by atoms with van der Waals surface area (Å²) in [5.41, 5.74) is 5.20. The zero-order valence-corrected chi connectivity index (χ0v) is 21.9. The van der Waals surface area contributed by atoms with E-state index >= 15 is 0 Å². The smallest absolute Gasteiger partial charge is 0.326 e. The van der Waals surface area contributed by atoms with Crippen LogP contribution in [-0.2, 0) is 19.5 Å². The Morgan fingerprint density at radius 3 is 2.77 bits per heavy atom. The molecule has 2 aromatic heterocycles. The molecule has 2 aromatic carbocycles. The predicted octanol–water partition coefficient (Wildman–Crippen LogP) is 6.94. The van der Waals surface area contributed by atoms with Gasteiger partial charge in [0, 0.05) is 59.4 Å². The molecule has 35 heavy (non-hydrogen) atoms. The number of carbonyl (C=O) groups is 1. The zero-order chi connectivity index (χ0) is 24.4. The van der Waals surface area contributed by atoms with E-state index in [-0.39, 0.29) is 6.03 Å². The average molecular weight is 570 g/mol. The summed E-state index contributed by atoms with van der Waals surface area (Å²) in [6, 6.07) is 17.3. The highest BCUT2D eigenvalue weighted by Gasteiger charge is 2.27. The SMILES string of the molecule is O=C(NCc1ccnc(Cl)c1)n1c2c(c3c(Br)cccc31)CN(CC=Cc1ccc(Cl)cc1)CC2. The summed E-state index contributed by atoms with van der Waals surface area (Å²) in [5.74, 6) is 0. The van der Waals surface area contributed by atoms with Crippen LogP contribution in [0.15, 0.2) is 71.3 Å². The molecular formula is C27H23BrCl2N4O. The van der Waals surface area contributed by atoms with Gasteiger partial charge in [-0.25, -0.2) is 9.78 Å². The van der Waals surface area contributed by atoms with Crippen LogP contribution in [0.3, 0.4) is 0 Å². The van der Waals surface area contributed by atoms with Crippen molar-refractivity contribution in [2.75, 3.05) is 13.1 Å². The standard InChI is InChI=1S/C27H23BrCl2N4O/c28-22-4-1-5-24-26(22)21-17-33(13-2-3-18-6-8-20(29)9-7-18)14-11-23(21)34(24)27(35)32-16-19-10-12-31-25(30)15-19/h1-10,12,15H,11,13-14,16-17H2,(H,32,35). The number of carbonyl (C=O) groups excluding carboxylic acids is 1. The van der Waals surface area contributed by atoms with Gasteiger partial charge in [-0.3, -0.25) is 9.47 Å². The number of hydrogen-bond donors (Lipinski definition) is 1. The fraction of sp³-hybridized carbons (Fsp3) is 0.185. The Morgan fingerprint density at radius 1 is 1.14 bits per heavy atom. The van der Waals surface area contributed by atoms with Crippen LogP contribution in [0.2, 0.25) is 10.2 Å².